The van der Waals surface area contributed by atoms with Crippen molar-refractivity contribution in [2.24, 2.45) is 5.92 Å². The summed E-state index contributed by atoms with van der Waals surface area (Å²) < 4.78 is 26.5. The normalized spacial score (nSPS) is 14.0. The van der Waals surface area contributed by atoms with Gasteiger partial charge in [0.2, 0.25) is 5.91 Å². The number of benzene rings is 2. The van der Waals surface area contributed by atoms with E-state index in [4.69, 9.17) is 0 Å². The summed E-state index contributed by atoms with van der Waals surface area (Å²) in [6.45, 7) is 5.56. The highest BCUT2D eigenvalue weighted by atomic mass is 19.2. The lowest BCUT2D eigenvalue weighted by atomic mass is 9.99. The van der Waals surface area contributed by atoms with E-state index in [1.807, 2.05) is 24.3 Å². The number of nitrogens with zero attached hydrogens (tertiary/aromatic N) is 2. The van der Waals surface area contributed by atoms with E-state index in [0.717, 1.165) is 18.6 Å². The SMILES string of the molecule is CC(C)Cc1ccc(C(=O)CCC(=O)N2CCN(C(=O)c3ccc(F)c(F)c3)CC2)cc1. The summed E-state index contributed by atoms with van der Waals surface area (Å²) in [5.41, 5.74) is 1.87. The van der Waals surface area contributed by atoms with Crippen LogP contribution in [0.2, 0.25) is 0 Å². The van der Waals surface area contributed by atoms with Crippen LogP contribution in [-0.2, 0) is 11.2 Å². The molecule has 1 aliphatic rings. The molecule has 2 amide bonds. The average molecular weight is 443 g/mol. The minimum absolute atomic E-state index is 0.0680. The molecule has 32 heavy (non-hydrogen) atoms. The Hall–Kier alpha value is -3.09. The molecule has 0 bridgehead atoms. The zero-order valence-corrected chi connectivity index (χ0v) is 18.4. The van der Waals surface area contributed by atoms with Crippen molar-refractivity contribution in [1.29, 1.82) is 0 Å². The average Bonchev–Trinajstić information content (AvgIpc) is 2.78. The van der Waals surface area contributed by atoms with E-state index in [9.17, 15) is 23.2 Å². The Morgan fingerprint density at radius 1 is 0.812 bits per heavy atom. The molecule has 0 saturated carbocycles. The standard InChI is InChI=1S/C25H28F2N2O3/c1-17(2)15-18-3-5-19(6-4-18)23(30)9-10-24(31)28-11-13-29(14-12-28)25(32)20-7-8-21(26)22(27)16-20/h3-8,16-17H,9-15H2,1-2H3. The lowest BCUT2D eigenvalue weighted by molar-refractivity contribution is -0.132. The van der Waals surface area contributed by atoms with Crippen LogP contribution in [0.4, 0.5) is 8.78 Å². The van der Waals surface area contributed by atoms with Gasteiger partial charge in [-0.1, -0.05) is 38.1 Å². The second-order valence-corrected chi connectivity index (χ2v) is 8.52. The van der Waals surface area contributed by atoms with Gasteiger partial charge in [0.05, 0.1) is 0 Å². The number of halogens is 2. The van der Waals surface area contributed by atoms with Crippen LogP contribution >= 0.6 is 0 Å². The van der Waals surface area contributed by atoms with Crippen molar-refractivity contribution in [3.8, 4) is 0 Å². The molecule has 0 radical (unpaired) electrons. The molecule has 0 unspecified atom stereocenters. The van der Waals surface area contributed by atoms with Crippen LogP contribution in [0, 0.1) is 17.6 Å². The summed E-state index contributed by atoms with van der Waals surface area (Å²) in [5.74, 6) is -2.12. The molecular weight excluding hydrogens is 414 g/mol. The summed E-state index contributed by atoms with van der Waals surface area (Å²) >= 11 is 0. The Morgan fingerprint density at radius 3 is 2.00 bits per heavy atom. The number of hydrogen-bond acceptors (Lipinski definition) is 3. The third kappa shape index (κ3) is 5.99. The van der Waals surface area contributed by atoms with Gasteiger partial charge in [0.25, 0.3) is 5.91 Å². The van der Waals surface area contributed by atoms with Crippen LogP contribution in [-0.4, -0.2) is 53.6 Å². The molecule has 170 valence electrons. The fraction of sp³-hybridized carbons (Fsp3) is 0.400. The molecule has 0 N–H and O–H groups in total. The third-order valence-electron chi connectivity index (χ3n) is 5.57. The Balaban J connectivity index is 1.46. The van der Waals surface area contributed by atoms with E-state index in [-0.39, 0.29) is 30.1 Å². The maximum atomic E-state index is 13.4. The zero-order chi connectivity index (χ0) is 23.3. The van der Waals surface area contributed by atoms with Gasteiger partial charge in [0.1, 0.15) is 0 Å². The Bertz CT molecular complexity index is 981. The number of carbonyl (C=O) groups is 3. The predicted molar refractivity (Wildman–Crippen MR) is 117 cm³/mol. The Kier molecular flexibility index (Phi) is 7.72. The van der Waals surface area contributed by atoms with Gasteiger partial charge < -0.3 is 9.80 Å². The largest absolute Gasteiger partial charge is 0.339 e. The first-order valence-electron chi connectivity index (χ1n) is 10.9. The molecule has 1 heterocycles. The van der Waals surface area contributed by atoms with Crippen LogP contribution < -0.4 is 0 Å². The number of hydrogen-bond donors (Lipinski definition) is 0. The van der Waals surface area contributed by atoms with Crippen molar-refractivity contribution in [1.82, 2.24) is 9.80 Å². The van der Waals surface area contributed by atoms with Gasteiger partial charge in [-0.3, -0.25) is 14.4 Å². The Morgan fingerprint density at radius 2 is 1.41 bits per heavy atom. The molecule has 0 spiro atoms. The van der Waals surface area contributed by atoms with Crippen LogP contribution in [0.5, 0.6) is 0 Å². The first-order chi connectivity index (χ1) is 15.2. The fourth-order valence-corrected chi connectivity index (χ4v) is 3.79. The number of piperazine rings is 1. The minimum atomic E-state index is -1.07. The van der Waals surface area contributed by atoms with E-state index in [1.165, 1.54) is 16.5 Å². The minimum Gasteiger partial charge on any atom is -0.339 e. The van der Waals surface area contributed by atoms with Crippen LogP contribution in [0.25, 0.3) is 0 Å². The van der Waals surface area contributed by atoms with Crippen molar-refractivity contribution >= 4 is 17.6 Å². The van der Waals surface area contributed by atoms with Crippen LogP contribution in [0.1, 0.15) is 53.0 Å². The van der Waals surface area contributed by atoms with Gasteiger partial charge in [0, 0.05) is 50.1 Å². The van der Waals surface area contributed by atoms with E-state index < -0.39 is 17.5 Å². The summed E-state index contributed by atoms with van der Waals surface area (Å²) in [4.78, 5) is 40.6. The number of ketones is 1. The third-order valence-corrected chi connectivity index (χ3v) is 5.57. The van der Waals surface area contributed by atoms with E-state index in [0.29, 0.717) is 37.7 Å². The second-order valence-electron chi connectivity index (χ2n) is 8.52. The molecule has 1 saturated heterocycles. The van der Waals surface area contributed by atoms with Gasteiger partial charge in [-0.15, -0.1) is 0 Å². The molecule has 0 atom stereocenters. The Labute approximate surface area is 187 Å². The lowest BCUT2D eigenvalue weighted by Crippen LogP contribution is -2.50. The molecule has 1 fully saturated rings. The highest BCUT2D eigenvalue weighted by Crippen LogP contribution is 2.15. The first kappa shape index (κ1) is 23.6. The lowest BCUT2D eigenvalue weighted by Gasteiger charge is -2.35. The molecular formula is C25H28F2N2O3. The highest BCUT2D eigenvalue weighted by Gasteiger charge is 2.25. The molecule has 3 rings (SSSR count). The van der Waals surface area contributed by atoms with Gasteiger partial charge in [-0.25, -0.2) is 8.78 Å². The summed E-state index contributed by atoms with van der Waals surface area (Å²) in [6, 6.07) is 10.6. The molecule has 5 nitrogen and oxygen atoms in total. The molecule has 2 aromatic carbocycles. The number of Topliss-reactive ketones (excluding diaryl/α,β-unsaturated/α-hetero) is 1. The molecule has 0 aromatic heterocycles. The van der Waals surface area contributed by atoms with Gasteiger partial charge in [0.15, 0.2) is 17.4 Å². The predicted octanol–water partition coefficient (Wildman–Crippen LogP) is 4.11. The van der Waals surface area contributed by atoms with E-state index >= 15 is 0 Å². The summed E-state index contributed by atoms with van der Waals surface area (Å²) in [5, 5.41) is 0. The summed E-state index contributed by atoms with van der Waals surface area (Å²) in [7, 11) is 0. The smallest absolute Gasteiger partial charge is 0.254 e. The maximum absolute atomic E-state index is 13.4. The summed E-state index contributed by atoms with van der Waals surface area (Å²) in [6.07, 6.45) is 1.21. The molecule has 0 aliphatic carbocycles. The van der Waals surface area contributed by atoms with Gasteiger partial charge in [-0.05, 0) is 36.1 Å². The molecule has 1 aliphatic heterocycles. The van der Waals surface area contributed by atoms with Crippen molar-refractivity contribution < 1.29 is 23.2 Å². The van der Waals surface area contributed by atoms with Gasteiger partial charge in [-0.2, -0.15) is 0 Å². The molecule has 7 heteroatoms. The zero-order valence-electron chi connectivity index (χ0n) is 18.4. The fourth-order valence-electron chi connectivity index (χ4n) is 3.79. The number of amides is 2. The van der Waals surface area contributed by atoms with Crippen LogP contribution in [0.3, 0.4) is 0 Å². The van der Waals surface area contributed by atoms with Crippen molar-refractivity contribution in [3.05, 3.63) is 70.8 Å². The quantitative estimate of drug-likeness (QED) is 0.607. The number of rotatable bonds is 7. The first-order valence-corrected chi connectivity index (χ1v) is 10.9. The van der Waals surface area contributed by atoms with Crippen LogP contribution in [0.15, 0.2) is 42.5 Å². The van der Waals surface area contributed by atoms with Crippen molar-refractivity contribution in [3.63, 3.8) is 0 Å². The topological polar surface area (TPSA) is 57.7 Å². The van der Waals surface area contributed by atoms with Crippen molar-refractivity contribution in [2.75, 3.05) is 26.2 Å². The monoisotopic (exact) mass is 442 g/mol. The van der Waals surface area contributed by atoms with E-state index in [1.54, 1.807) is 4.90 Å². The second kappa shape index (κ2) is 10.5. The highest BCUT2D eigenvalue weighted by molar-refractivity contribution is 5.98. The van der Waals surface area contributed by atoms with Gasteiger partial charge >= 0.3 is 0 Å². The van der Waals surface area contributed by atoms with Crippen molar-refractivity contribution in [2.45, 2.75) is 33.1 Å². The maximum Gasteiger partial charge on any atom is 0.254 e. The number of carbonyl (C=O) groups excluding carboxylic acids is 3. The molecule has 2 aromatic rings. The van der Waals surface area contributed by atoms with E-state index in [2.05, 4.69) is 13.8 Å².